The summed E-state index contributed by atoms with van der Waals surface area (Å²) in [6, 6.07) is 16.0. The minimum Gasteiger partial charge on any atom is -0.368 e. The number of anilines is 1. The molecule has 5 heteroatoms. The maximum absolute atomic E-state index is 12.8. The average Bonchev–Trinajstić information content (AvgIpc) is 2.61. The third-order valence-corrected chi connectivity index (χ3v) is 5.22. The number of hydrogen-bond donors (Lipinski definition) is 0. The molecule has 1 aliphatic rings. The summed E-state index contributed by atoms with van der Waals surface area (Å²) in [5.41, 5.74) is 4.11. The molecule has 2 aromatic carbocycles. The summed E-state index contributed by atoms with van der Waals surface area (Å²) in [6.45, 7) is 5.22. The number of aryl methyl sites for hydroxylation is 1. The molecule has 3 rings (SSSR count). The van der Waals surface area contributed by atoms with Crippen molar-refractivity contribution in [1.29, 1.82) is 0 Å². The van der Waals surface area contributed by atoms with Gasteiger partial charge in [-0.25, -0.2) is 0 Å². The maximum atomic E-state index is 12.8. The molecule has 2 aromatic rings. The van der Waals surface area contributed by atoms with E-state index in [2.05, 4.69) is 36.1 Å². The summed E-state index contributed by atoms with van der Waals surface area (Å²) in [5.74, 6) is 0.551. The molecule has 1 amide bonds. The molecule has 1 aliphatic heterocycles. The second-order valence-corrected chi connectivity index (χ2v) is 7.97. The maximum Gasteiger partial charge on any atom is 0.253 e. The van der Waals surface area contributed by atoms with Gasteiger partial charge in [0.2, 0.25) is 0 Å². The highest BCUT2D eigenvalue weighted by Gasteiger charge is 2.22. The molecular weight excluding hydrogens is 332 g/mol. The van der Waals surface area contributed by atoms with Crippen molar-refractivity contribution in [2.24, 2.45) is 0 Å². The summed E-state index contributed by atoms with van der Waals surface area (Å²) in [5, 5.41) is 0. The molecule has 4 nitrogen and oxygen atoms in total. The molecule has 25 heavy (non-hydrogen) atoms. The molecule has 1 fully saturated rings. The predicted molar refractivity (Wildman–Crippen MR) is 104 cm³/mol. The van der Waals surface area contributed by atoms with Gasteiger partial charge < -0.3 is 9.80 Å². The average molecular weight is 356 g/mol. The molecule has 1 atom stereocenters. The first-order valence-corrected chi connectivity index (χ1v) is 10.3. The van der Waals surface area contributed by atoms with E-state index in [1.54, 1.807) is 6.26 Å². The van der Waals surface area contributed by atoms with Crippen molar-refractivity contribution < 1.29 is 9.00 Å². The highest BCUT2D eigenvalue weighted by Crippen LogP contribution is 2.19. The number of rotatable bonds is 4. The Morgan fingerprint density at radius 2 is 1.76 bits per heavy atom. The Morgan fingerprint density at radius 1 is 1.04 bits per heavy atom. The van der Waals surface area contributed by atoms with Crippen molar-refractivity contribution in [3.63, 3.8) is 0 Å². The Kier molecular flexibility index (Phi) is 5.53. The Balaban J connectivity index is 1.64. The molecular formula is C20H24N2O2S. The highest BCUT2D eigenvalue weighted by atomic mass is 32.2. The van der Waals surface area contributed by atoms with Crippen LogP contribution in [-0.4, -0.2) is 47.5 Å². The van der Waals surface area contributed by atoms with Gasteiger partial charge in [-0.2, -0.15) is 0 Å². The lowest BCUT2D eigenvalue weighted by Gasteiger charge is -2.36. The molecule has 0 saturated carbocycles. The van der Waals surface area contributed by atoms with Crippen molar-refractivity contribution in [2.45, 2.75) is 12.7 Å². The van der Waals surface area contributed by atoms with Crippen molar-refractivity contribution in [2.75, 3.05) is 37.3 Å². The van der Waals surface area contributed by atoms with Crippen molar-refractivity contribution in [3.8, 4) is 0 Å². The lowest BCUT2D eigenvalue weighted by atomic mass is 10.1. The molecule has 0 aliphatic carbocycles. The SMILES string of the molecule is Cc1cccc(N2CCN(C(=O)c3cccc(CS(C)=O)c3)CC2)c1. The zero-order chi connectivity index (χ0) is 17.8. The zero-order valence-corrected chi connectivity index (χ0v) is 15.6. The number of piperazine rings is 1. The van der Waals surface area contributed by atoms with Crippen LogP contribution < -0.4 is 4.90 Å². The van der Waals surface area contributed by atoms with Crippen LogP contribution in [0.1, 0.15) is 21.5 Å². The smallest absolute Gasteiger partial charge is 0.253 e. The normalized spacial score (nSPS) is 15.9. The Morgan fingerprint density at radius 3 is 2.44 bits per heavy atom. The molecule has 0 N–H and O–H groups in total. The quantitative estimate of drug-likeness (QED) is 0.846. The predicted octanol–water partition coefficient (Wildman–Crippen LogP) is 2.84. The third-order valence-electron chi connectivity index (χ3n) is 4.48. The monoisotopic (exact) mass is 356 g/mol. The second-order valence-electron chi connectivity index (χ2n) is 6.54. The molecule has 1 unspecified atom stereocenters. The summed E-state index contributed by atoms with van der Waals surface area (Å²) in [7, 11) is -0.902. The summed E-state index contributed by atoms with van der Waals surface area (Å²) >= 11 is 0. The van der Waals surface area contributed by atoms with Gasteiger partial charge in [0.05, 0.1) is 0 Å². The molecule has 1 saturated heterocycles. The minimum absolute atomic E-state index is 0.0626. The lowest BCUT2D eigenvalue weighted by Crippen LogP contribution is -2.48. The summed E-state index contributed by atoms with van der Waals surface area (Å²) in [4.78, 5) is 17.0. The largest absolute Gasteiger partial charge is 0.368 e. The van der Waals surface area contributed by atoms with Gasteiger partial charge >= 0.3 is 0 Å². The fourth-order valence-electron chi connectivity index (χ4n) is 3.20. The van der Waals surface area contributed by atoms with Crippen LogP contribution in [0.5, 0.6) is 0 Å². The Bertz CT molecular complexity index is 783. The van der Waals surface area contributed by atoms with Crippen LogP contribution >= 0.6 is 0 Å². The standard InChI is InChI=1S/C20H24N2O2S/c1-16-5-3-8-19(13-16)21-9-11-22(12-10-21)20(23)18-7-4-6-17(14-18)15-25(2)24/h3-8,13-14H,9-12,15H2,1-2H3. The first-order valence-electron chi connectivity index (χ1n) is 8.53. The van der Waals surface area contributed by atoms with E-state index in [0.29, 0.717) is 11.3 Å². The number of nitrogens with zero attached hydrogens (tertiary/aromatic N) is 2. The first-order chi connectivity index (χ1) is 12.0. The minimum atomic E-state index is -0.902. The number of carbonyl (C=O) groups is 1. The van der Waals surface area contributed by atoms with Gasteiger partial charge in [0.25, 0.3) is 5.91 Å². The van der Waals surface area contributed by atoms with Gasteiger partial charge in [-0.1, -0.05) is 24.3 Å². The summed E-state index contributed by atoms with van der Waals surface area (Å²) in [6.07, 6.45) is 1.68. The van der Waals surface area contributed by atoms with Gasteiger partial charge in [-0.15, -0.1) is 0 Å². The van der Waals surface area contributed by atoms with Crippen LogP contribution in [0.2, 0.25) is 0 Å². The topological polar surface area (TPSA) is 40.6 Å². The zero-order valence-electron chi connectivity index (χ0n) is 14.8. The highest BCUT2D eigenvalue weighted by molar-refractivity contribution is 7.83. The van der Waals surface area contributed by atoms with E-state index in [1.165, 1.54) is 11.3 Å². The first kappa shape index (κ1) is 17.7. The van der Waals surface area contributed by atoms with E-state index < -0.39 is 10.8 Å². The van der Waals surface area contributed by atoms with Gasteiger partial charge in [-0.3, -0.25) is 9.00 Å². The Labute approximate surface area is 151 Å². The van der Waals surface area contributed by atoms with Gasteiger partial charge in [0.1, 0.15) is 0 Å². The van der Waals surface area contributed by atoms with Gasteiger partial charge in [0, 0.05) is 60.2 Å². The van der Waals surface area contributed by atoms with Crippen LogP contribution in [0.15, 0.2) is 48.5 Å². The third kappa shape index (κ3) is 4.48. The number of hydrogen-bond acceptors (Lipinski definition) is 3. The number of amides is 1. The van der Waals surface area contributed by atoms with Crippen LogP contribution in [0.3, 0.4) is 0 Å². The van der Waals surface area contributed by atoms with Crippen molar-refractivity contribution >= 4 is 22.4 Å². The lowest BCUT2D eigenvalue weighted by molar-refractivity contribution is 0.0746. The second kappa shape index (κ2) is 7.83. The van der Waals surface area contributed by atoms with Crippen molar-refractivity contribution in [3.05, 3.63) is 65.2 Å². The van der Waals surface area contributed by atoms with E-state index in [-0.39, 0.29) is 5.91 Å². The summed E-state index contributed by atoms with van der Waals surface area (Å²) < 4.78 is 11.4. The van der Waals surface area contributed by atoms with E-state index in [0.717, 1.165) is 31.7 Å². The van der Waals surface area contributed by atoms with Crippen molar-refractivity contribution in [1.82, 2.24) is 4.90 Å². The number of benzene rings is 2. The van der Waals surface area contributed by atoms with E-state index in [4.69, 9.17) is 0 Å². The van der Waals surface area contributed by atoms with E-state index in [1.807, 2.05) is 29.2 Å². The molecule has 0 bridgehead atoms. The fraction of sp³-hybridized carbons (Fsp3) is 0.350. The van der Waals surface area contributed by atoms with Crippen LogP contribution in [0.4, 0.5) is 5.69 Å². The van der Waals surface area contributed by atoms with Crippen LogP contribution in [-0.2, 0) is 16.6 Å². The van der Waals surface area contributed by atoms with E-state index in [9.17, 15) is 9.00 Å². The van der Waals surface area contributed by atoms with Gasteiger partial charge in [-0.05, 0) is 42.3 Å². The number of carbonyl (C=O) groups excluding carboxylic acids is 1. The molecule has 1 heterocycles. The molecule has 0 aromatic heterocycles. The van der Waals surface area contributed by atoms with Crippen LogP contribution in [0.25, 0.3) is 0 Å². The molecule has 0 spiro atoms. The molecule has 0 radical (unpaired) electrons. The van der Waals surface area contributed by atoms with E-state index >= 15 is 0 Å². The van der Waals surface area contributed by atoms with Crippen LogP contribution in [0, 0.1) is 6.92 Å². The fourth-order valence-corrected chi connectivity index (χ4v) is 3.85. The van der Waals surface area contributed by atoms with Gasteiger partial charge in [0.15, 0.2) is 0 Å². The molecule has 132 valence electrons. The Hall–Kier alpha value is -2.14.